The highest BCUT2D eigenvalue weighted by molar-refractivity contribution is 5.96. The Morgan fingerprint density at radius 1 is 0.950 bits per heavy atom. The number of carboxylic acids is 1. The highest BCUT2D eigenvalue weighted by Gasteiger charge is 2.32. The summed E-state index contributed by atoms with van der Waals surface area (Å²) in [6.07, 6.45) is 2.35. The number of para-hydroxylation sites is 1. The molecule has 3 aromatic rings. The average molecular weight is 557 g/mol. The summed E-state index contributed by atoms with van der Waals surface area (Å²) in [5.41, 5.74) is 12.9. The molecule has 0 radical (unpaired) electrons. The number of imidazole rings is 1. The molecule has 1 aromatic carbocycles. The number of aromatic nitrogens is 3. The third-order valence-electron chi connectivity index (χ3n) is 6.19. The van der Waals surface area contributed by atoms with E-state index in [9.17, 15) is 34.2 Å². The highest BCUT2D eigenvalue weighted by Crippen LogP contribution is 2.19. The van der Waals surface area contributed by atoms with Crippen LogP contribution in [0.25, 0.3) is 10.9 Å². The van der Waals surface area contributed by atoms with Crippen LogP contribution in [0.4, 0.5) is 0 Å². The first kappa shape index (κ1) is 29.8. The summed E-state index contributed by atoms with van der Waals surface area (Å²) in [4.78, 5) is 72.2. The molecule has 5 atom stereocenters. The van der Waals surface area contributed by atoms with Gasteiger partial charge in [-0.15, -0.1) is 0 Å². The van der Waals surface area contributed by atoms with Gasteiger partial charge in [-0.3, -0.25) is 19.2 Å². The standard InChI is InChI=1S/C25H32N8O7/c1-12(34)21(27)24(38)32-17(6-13-9-29-16-5-3-2-4-15(13)16)22(36)31-18(8-20(26)35)23(37)33-19(25(39)40)7-14-10-28-11-30-14/h2-5,9-12,17-19,21,29,34H,6-8,27H2,1H3,(H2,26,35)(H,28,30)(H,31,36)(H,32,38)(H,33,37)(H,39,40). The number of carboxylic acid groups (broad SMARTS) is 1. The van der Waals surface area contributed by atoms with Crippen LogP contribution >= 0.6 is 0 Å². The lowest BCUT2D eigenvalue weighted by Crippen LogP contribution is -2.59. The van der Waals surface area contributed by atoms with Crippen molar-refractivity contribution < 1.29 is 34.2 Å². The number of nitrogens with one attached hydrogen (secondary N) is 5. The van der Waals surface area contributed by atoms with E-state index in [1.807, 2.05) is 18.2 Å². The molecular formula is C25H32N8O7. The maximum atomic E-state index is 13.4. The Morgan fingerprint density at radius 2 is 1.60 bits per heavy atom. The minimum atomic E-state index is -1.55. The number of carbonyl (C=O) groups is 5. The second kappa shape index (κ2) is 13.3. The Bertz CT molecular complexity index is 1350. The van der Waals surface area contributed by atoms with Gasteiger partial charge in [0.05, 0.1) is 18.9 Å². The number of hydrogen-bond acceptors (Lipinski definition) is 8. The first-order valence-electron chi connectivity index (χ1n) is 12.3. The number of amides is 4. The topological polar surface area (TPSA) is 258 Å². The van der Waals surface area contributed by atoms with Crippen LogP contribution in [0.3, 0.4) is 0 Å². The van der Waals surface area contributed by atoms with Crippen molar-refractivity contribution in [2.75, 3.05) is 0 Å². The molecule has 0 spiro atoms. The normalized spacial score (nSPS) is 14.9. The number of nitrogens with two attached hydrogens (primary N) is 2. The predicted molar refractivity (Wildman–Crippen MR) is 141 cm³/mol. The summed E-state index contributed by atoms with van der Waals surface area (Å²) in [5.74, 6) is -4.95. The quantitative estimate of drug-likeness (QED) is 0.104. The first-order valence-corrected chi connectivity index (χ1v) is 12.3. The van der Waals surface area contributed by atoms with Crippen molar-refractivity contribution in [3.05, 3.63) is 54.2 Å². The maximum Gasteiger partial charge on any atom is 0.326 e. The number of hydrogen-bond donors (Lipinski definition) is 9. The number of aliphatic hydroxyl groups excluding tert-OH is 1. The third kappa shape index (κ3) is 7.87. The highest BCUT2D eigenvalue weighted by atomic mass is 16.4. The number of fused-ring (bicyclic) bond motifs is 1. The lowest BCUT2D eigenvalue weighted by Gasteiger charge is -2.25. The molecule has 15 nitrogen and oxygen atoms in total. The van der Waals surface area contributed by atoms with E-state index in [-0.39, 0.29) is 12.8 Å². The van der Waals surface area contributed by atoms with Crippen molar-refractivity contribution in [2.24, 2.45) is 11.5 Å². The zero-order chi connectivity index (χ0) is 29.4. The molecule has 3 rings (SSSR count). The van der Waals surface area contributed by atoms with Crippen LogP contribution in [0.1, 0.15) is 24.6 Å². The van der Waals surface area contributed by atoms with Crippen LogP contribution in [0.2, 0.25) is 0 Å². The molecule has 0 saturated heterocycles. The van der Waals surface area contributed by atoms with Crippen LogP contribution in [0, 0.1) is 0 Å². The molecular weight excluding hydrogens is 524 g/mol. The fourth-order valence-corrected chi connectivity index (χ4v) is 3.99. The van der Waals surface area contributed by atoms with Gasteiger partial charge in [0, 0.05) is 41.8 Å². The van der Waals surface area contributed by atoms with Crippen molar-refractivity contribution in [1.82, 2.24) is 30.9 Å². The molecule has 214 valence electrons. The summed E-state index contributed by atoms with van der Waals surface area (Å²) in [6.45, 7) is 1.31. The van der Waals surface area contributed by atoms with E-state index >= 15 is 0 Å². The zero-order valence-electron chi connectivity index (χ0n) is 21.6. The largest absolute Gasteiger partial charge is 0.480 e. The minimum Gasteiger partial charge on any atom is -0.480 e. The van der Waals surface area contributed by atoms with Gasteiger partial charge < -0.3 is 47.6 Å². The smallest absolute Gasteiger partial charge is 0.326 e. The number of H-pyrrole nitrogens is 2. The SMILES string of the molecule is CC(O)C(N)C(=O)NC(Cc1c[nH]c2ccccc12)C(=O)NC(CC(N)=O)C(=O)NC(Cc1cnc[nH]1)C(=O)O. The van der Waals surface area contributed by atoms with Crippen molar-refractivity contribution >= 4 is 40.5 Å². The minimum absolute atomic E-state index is 0.0450. The lowest BCUT2D eigenvalue weighted by atomic mass is 10.0. The Kier molecular flexibility index (Phi) is 9.94. The van der Waals surface area contributed by atoms with Crippen LogP contribution in [0.5, 0.6) is 0 Å². The Labute approximate surface area is 228 Å². The number of nitrogens with zero attached hydrogens (tertiary/aromatic N) is 1. The van der Waals surface area contributed by atoms with Gasteiger partial charge in [-0.2, -0.15) is 0 Å². The predicted octanol–water partition coefficient (Wildman–Crippen LogP) is -2.20. The van der Waals surface area contributed by atoms with Gasteiger partial charge in [-0.05, 0) is 18.6 Å². The van der Waals surface area contributed by atoms with Crippen LogP contribution in [-0.4, -0.2) is 85.0 Å². The molecule has 0 aliphatic rings. The molecule has 11 N–H and O–H groups in total. The molecule has 0 fully saturated rings. The number of aliphatic carboxylic acids is 1. The van der Waals surface area contributed by atoms with Crippen molar-refractivity contribution in [2.45, 2.75) is 56.5 Å². The number of rotatable bonds is 14. The summed E-state index contributed by atoms with van der Waals surface area (Å²) in [5, 5.41) is 27.3. The van der Waals surface area contributed by atoms with E-state index in [0.717, 1.165) is 10.9 Å². The van der Waals surface area contributed by atoms with Gasteiger partial charge in [0.25, 0.3) is 0 Å². The molecule has 2 heterocycles. The molecule has 2 aromatic heterocycles. The molecule has 0 aliphatic heterocycles. The molecule has 40 heavy (non-hydrogen) atoms. The first-order chi connectivity index (χ1) is 19.0. The van der Waals surface area contributed by atoms with E-state index in [2.05, 4.69) is 30.9 Å². The third-order valence-corrected chi connectivity index (χ3v) is 6.19. The maximum absolute atomic E-state index is 13.4. The summed E-state index contributed by atoms with van der Waals surface area (Å²) < 4.78 is 0. The number of carbonyl (C=O) groups excluding carboxylic acids is 4. The summed E-state index contributed by atoms with van der Waals surface area (Å²) in [7, 11) is 0. The Hall–Kier alpha value is -4.76. The average Bonchev–Trinajstić information content (AvgIpc) is 3.56. The Morgan fingerprint density at radius 3 is 2.23 bits per heavy atom. The summed E-state index contributed by atoms with van der Waals surface area (Å²) >= 11 is 0. The van der Waals surface area contributed by atoms with Gasteiger partial charge in [-0.25, -0.2) is 9.78 Å². The van der Waals surface area contributed by atoms with Crippen molar-refractivity contribution in [3.63, 3.8) is 0 Å². The van der Waals surface area contributed by atoms with E-state index in [1.165, 1.54) is 19.4 Å². The van der Waals surface area contributed by atoms with Gasteiger partial charge >= 0.3 is 5.97 Å². The van der Waals surface area contributed by atoms with Gasteiger partial charge in [0.2, 0.25) is 23.6 Å². The van der Waals surface area contributed by atoms with Crippen molar-refractivity contribution in [1.29, 1.82) is 0 Å². The van der Waals surface area contributed by atoms with Gasteiger partial charge in [0.1, 0.15) is 24.2 Å². The van der Waals surface area contributed by atoms with Gasteiger partial charge in [-0.1, -0.05) is 18.2 Å². The number of primary amides is 1. The lowest BCUT2D eigenvalue weighted by molar-refractivity contribution is -0.142. The monoisotopic (exact) mass is 556 g/mol. The molecule has 5 unspecified atom stereocenters. The molecule has 0 bridgehead atoms. The number of aliphatic hydroxyl groups is 1. The molecule has 4 amide bonds. The van der Waals surface area contributed by atoms with E-state index in [0.29, 0.717) is 11.3 Å². The molecule has 15 heteroatoms. The molecule has 0 aliphatic carbocycles. The summed E-state index contributed by atoms with van der Waals surface area (Å²) in [6, 6.07) is 1.65. The molecule has 0 saturated carbocycles. The fourth-order valence-electron chi connectivity index (χ4n) is 3.99. The van der Waals surface area contributed by atoms with Crippen LogP contribution in [0.15, 0.2) is 43.0 Å². The zero-order valence-corrected chi connectivity index (χ0v) is 21.6. The van der Waals surface area contributed by atoms with Crippen LogP contribution < -0.4 is 27.4 Å². The number of benzene rings is 1. The van der Waals surface area contributed by atoms with E-state index in [1.54, 1.807) is 12.3 Å². The second-order valence-electron chi connectivity index (χ2n) is 9.30. The fraction of sp³-hybridized carbons (Fsp3) is 0.360. The van der Waals surface area contributed by atoms with Crippen molar-refractivity contribution in [3.8, 4) is 0 Å². The van der Waals surface area contributed by atoms with Gasteiger partial charge in [0.15, 0.2) is 0 Å². The Balaban J connectivity index is 1.82. The van der Waals surface area contributed by atoms with Crippen LogP contribution in [-0.2, 0) is 36.8 Å². The van der Waals surface area contributed by atoms with E-state index in [4.69, 9.17) is 11.5 Å². The number of aromatic amines is 2. The van der Waals surface area contributed by atoms with E-state index < -0.39 is 66.3 Å². The second-order valence-corrected chi connectivity index (χ2v) is 9.30.